The van der Waals surface area contributed by atoms with Crippen LogP contribution in [0.4, 0.5) is 0 Å². The second kappa shape index (κ2) is 8.77. The molecule has 1 amide bonds. The molecule has 0 unspecified atom stereocenters. The largest absolute Gasteiger partial charge is 0.348 e. The number of halogens is 1. The Hall–Kier alpha value is -1.45. The number of rotatable bonds is 7. The third-order valence-corrected chi connectivity index (χ3v) is 5.62. The SMILES string of the molecule is CC(C)NS(=O)(=O)Cc1ccc(CNC(=O)c2ccc(I)cc2)cc1. The quantitative estimate of drug-likeness (QED) is 0.609. The number of sulfonamides is 1. The molecule has 2 rings (SSSR count). The van der Waals surface area contributed by atoms with Gasteiger partial charge in [-0.1, -0.05) is 24.3 Å². The molecule has 0 aliphatic heterocycles. The predicted octanol–water partition coefficient (Wildman–Crippen LogP) is 3.05. The molecule has 0 saturated carbocycles. The van der Waals surface area contributed by atoms with Gasteiger partial charge in [0.2, 0.25) is 10.0 Å². The molecule has 2 aromatic carbocycles. The van der Waals surface area contributed by atoms with Crippen molar-refractivity contribution < 1.29 is 13.2 Å². The van der Waals surface area contributed by atoms with Crippen molar-refractivity contribution in [3.63, 3.8) is 0 Å². The molecule has 0 saturated heterocycles. The molecule has 0 aliphatic rings. The summed E-state index contributed by atoms with van der Waals surface area (Å²) in [5, 5.41) is 2.86. The van der Waals surface area contributed by atoms with E-state index in [1.165, 1.54) is 0 Å². The first-order chi connectivity index (χ1) is 11.7. The minimum absolute atomic E-state index is 0.0551. The van der Waals surface area contributed by atoms with Crippen LogP contribution in [0.2, 0.25) is 0 Å². The maximum absolute atomic E-state index is 12.1. The van der Waals surface area contributed by atoms with E-state index < -0.39 is 10.0 Å². The highest BCUT2D eigenvalue weighted by molar-refractivity contribution is 14.1. The third-order valence-electron chi connectivity index (χ3n) is 3.35. The summed E-state index contributed by atoms with van der Waals surface area (Å²) in [6, 6.07) is 14.4. The lowest BCUT2D eigenvalue weighted by atomic mass is 10.1. The van der Waals surface area contributed by atoms with E-state index >= 15 is 0 Å². The summed E-state index contributed by atoms with van der Waals surface area (Å²) in [4.78, 5) is 12.1. The number of hydrogen-bond acceptors (Lipinski definition) is 3. The summed E-state index contributed by atoms with van der Waals surface area (Å²) < 4.78 is 27.5. The molecule has 134 valence electrons. The van der Waals surface area contributed by atoms with E-state index in [2.05, 4.69) is 32.6 Å². The van der Waals surface area contributed by atoms with E-state index in [9.17, 15) is 13.2 Å². The van der Waals surface area contributed by atoms with Crippen molar-refractivity contribution >= 4 is 38.5 Å². The van der Waals surface area contributed by atoms with Gasteiger partial charge in [0, 0.05) is 21.7 Å². The van der Waals surface area contributed by atoms with E-state index in [4.69, 9.17) is 0 Å². The minimum Gasteiger partial charge on any atom is -0.348 e. The number of benzene rings is 2. The molecule has 0 radical (unpaired) electrons. The van der Waals surface area contributed by atoms with Crippen LogP contribution in [-0.4, -0.2) is 20.4 Å². The topological polar surface area (TPSA) is 75.3 Å². The van der Waals surface area contributed by atoms with Gasteiger partial charge < -0.3 is 5.32 Å². The smallest absolute Gasteiger partial charge is 0.251 e. The van der Waals surface area contributed by atoms with E-state index in [0.717, 1.165) is 9.13 Å². The molecular formula is C18H21IN2O3S. The van der Waals surface area contributed by atoms with Crippen LogP contribution in [0.15, 0.2) is 48.5 Å². The normalized spacial score (nSPS) is 11.5. The van der Waals surface area contributed by atoms with Gasteiger partial charge in [-0.25, -0.2) is 13.1 Å². The molecule has 5 nitrogen and oxygen atoms in total. The van der Waals surface area contributed by atoms with Crippen LogP contribution in [0.3, 0.4) is 0 Å². The van der Waals surface area contributed by atoms with Crippen molar-refractivity contribution in [2.45, 2.75) is 32.2 Å². The second-order valence-electron chi connectivity index (χ2n) is 6.04. The highest BCUT2D eigenvalue weighted by Gasteiger charge is 2.13. The van der Waals surface area contributed by atoms with E-state index in [1.54, 1.807) is 38.1 Å². The van der Waals surface area contributed by atoms with Gasteiger partial charge in [-0.2, -0.15) is 0 Å². The first-order valence-electron chi connectivity index (χ1n) is 7.87. The number of amides is 1. The van der Waals surface area contributed by atoms with Crippen LogP contribution in [0.5, 0.6) is 0 Å². The van der Waals surface area contributed by atoms with Gasteiger partial charge in [0.1, 0.15) is 0 Å². The van der Waals surface area contributed by atoms with Crippen LogP contribution in [0, 0.1) is 3.57 Å². The highest BCUT2D eigenvalue weighted by Crippen LogP contribution is 2.10. The van der Waals surface area contributed by atoms with Gasteiger partial charge in [-0.3, -0.25) is 4.79 Å². The lowest BCUT2D eigenvalue weighted by Crippen LogP contribution is -2.31. The third kappa shape index (κ3) is 6.75. The molecule has 2 N–H and O–H groups in total. The van der Waals surface area contributed by atoms with Gasteiger partial charge in [0.25, 0.3) is 5.91 Å². The number of carbonyl (C=O) groups excluding carboxylic acids is 1. The van der Waals surface area contributed by atoms with Crippen molar-refractivity contribution in [3.05, 3.63) is 68.8 Å². The zero-order valence-electron chi connectivity index (χ0n) is 14.1. The average Bonchev–Trinajstić information content (AvgIpc) is 2.53. The van der Waals surface area contributed by atoms with Crippen molar-refractivity contribution in [3.8, 4) is 0 Å². The first kappa shape index (κ1) is 19.9. The first-order valence-corrected chi connectivity index (χ1v) is 10.6. The summed E-state index contributed by atoms with van der Waals surface area (Å²) >= 11 is 2.19. The van der Waals surface area contributed by atoms with E-state index in [0.29, 0.717) is 17.7 Å². The number of carbonyl (C=O) groups is 1. The van der Waals surface area contributed by atoms with Crippen LogP contribution < -0.4 is 10.0 Å². The maximum Gasteiger partial charge on any atom is 0.251 e. The Morgan fingerprint density at radius 2 is 1.56 bits per heavy atom. The molecule has 0 aromatic heterocycles. The van der Waals surface area contributed by atoms with Gasteiger partial charge in [0.15, 0.2) is 0 Å². The summed E-state index contributed by atoms with van der Waals surface area (Å²) in [6.45, 7) is 3.97. The zero-order chi connectivity index (χ0) is 18.4. The molecule has 0 fully saturated rings. The molecule has 7 heteroatoms. The van der Waals surface area contributed by atoms with Crippen molar-refractivity contribution in [1.29, 1.82) is 0 Å². The summed E-state index contributed by atoms with van der Waals surface area (Å²) in [7, 11) is -3.33. The maximum atomic E-state index is 12.1. The number of nitrogens with one attached hydrogen (secondary N) is 2. The average molecular weight is 472 g/mol. The van der Waals surface area contributed by atoms with Crippen LogP contribution >= 0.6 is 22.6 Å². The molecule has 0 spiro atoms. The van der Waals surface area contributed by atoms with E-state index in [-0.39, 0.29) is 17.7 Å². The van der Waals surface area contributed by atoms with Gasteiger partial charge in [0.05, 0.1) is 5.75 Å². The van der Waals surface area contributed by atoms with Crippen LogP contribution in [0.1, 0.15) is 35.3 Å². The Labute approximate surface area is 162 Å². The Balaban J connectivity index is 1.92. The lowest BCUT2D eigenvalue weighted by Gasteiger charge is -2.10. The summed E-state index contributed by atoms with van der Waals surface area (Å²) in [6.07, 6.45) is 0. The molecule has 0 bridgehead atoms. The van der Waals surface area contributed by atoms with Crippen molar-refractivity contribution in [2.24, 2.45) is 0 Å². The van der Waals surface area contributed by atoms with Gasteiger partial charge in [-0.15, -0.1) is 0 Å². The molecule has 0 aliphatic carbocycles. The molecule has 25 heavy (non-hydrogen) atoms. The summed E-state index contributed by atoms with van der Waals surface area (Å²) in [5.74, 6) is -0.190. The fourth-order valence-corrected chi connectivity index (χ4v) is 4.05. The van der Waals surface area contributed by atoms with Crippen molar-refractivity contribution in [1.82, 2.24) is 10.0 Å². The fraction of sp³-hybridized carbons (Fsp3) is 0.278. The van der Waals surface area contributed by atoms with Gasteiger partial charge >= 0.3 is 0 Å². The monoisotopic (exact) mass is 472 g/mol. The lowest BCUT2D eigenvalue weighted by molar-refractivity contribution is 0.0951. The molecule has 2 aromatic rings. The minimum atomic E-state index is -3.33. The summed E-state index contributed by atoms with van der Waals surface area (Å²) in [5.41, 5.74) is 2.24. The van der Waals surface area contributed by atoms with E-state index in [1.807, 2.05) is 24.3 Å². The molecule has 0 atom stereocenters. The zero-order valence-corrected chi connectivity index (χ0v) is 17.1. The Kier molecular flexibility index (Phi) is 6.97. The highest BCUT2D eigenvalue weighted by atomic mass is 127. The Morgan fingerprint density at radius 3 is 2.12 bits per heavy atom. The van der Waals surface area contributed by atoms with Crippen LogP contribution in [0.25, 0.3) is 0 Å². The second-order valence-corrected chi connectivity index (χ2v) is 9.04. The van der Waals surface area contributed by atoms with Crippen LogP contribution in [-0.2, 0) is 22.3 Å². The predicted molar refractivity (Wildman–Crippen MR) is 108 cm³/mol. The fourth-order valence-electron chi connectivity index (χ4n) is 2.26. The Bertz CT molecular complexity index is 816. The van der Waals surface area contributed by atoms with Gasteiger partial charge in [-0.05, 0) is 71.8 Å². The molecular weight excluding hydrogens is 451 g/mol. The van der Waals surface area contributed by atoms with Crippen molar-refractivity contribution in [2.75, 3.05) is 0 Å². The standard InChI is InChI=1S/C18H21IN2O3S/c1-13(2)21-25(23,24)12-15-5-3-14(4-6-15)11-20-18(22)16-7-9-17(19)10-8-16/h3-10,13,21H,11-12H2,1-2H3,(H,20,22). The molecule has 0 heterocycles. The number of hydrogen-bond donors (Lipinski definition) is 2. The Morgan fingerprint density at radius 1 is 1.00 bits per heavy atom.